The molecule has 0 aliphatic heterocycles. The summed E-state index contributed by atoms with van der Waals surface area (Å²) >= 11 is 0. The van der Waals surface area contributed by atoms with Crippen molar-refractivity contribution in [1.82, 2.24) is 16.0 Å². The van der Waals surface area contributed by atoms with E-state index < -0.39 is 66.2 Å². The van der Waals surface area contributed by atoms with Gasteiger partial charge >= 0.3 is 11.9 Å². The van der Waals surface area contributed by atoms with Gasteiger partial charge in [-0.2, -0.15) is 0 Å². The average Bonchev–Trinajstić information content (AvgIpc) is 2.91. The molecule has 0 aliphatic rings. The predicted molar refractivity (Wildman–Crippen MR) is 145 cm³/mol. The van der Waals surface area contributed by atoms with Gasteiger partial charge in [0.1, 0.15) is 23.9 Å². The second-order valence-corrected chi connectivity index (χ2v) is 9.60. The molecule has 5 atom stereocenters. The van der Waals surface area contributed by atoms with E-state index in [9.17, 15) is 39.3 Å². The number of phenols is 1. The third kappa shape index (κ3) is 10.0. The fourth-order valence-corrected chi connectivity index (χ4v) is 3.91. The number of carboxylic acids is 2. The van der Waals surface area contributed by atoms with Crippen LogP contribution in [0.2, 0.25) is 0 Å². The van der Waals surface area contributed by atoms with Gasteiger partial charge in [-0.05, 0) is 35.6 Å². The van der Waals surface area contributed by atoms with E-state index in [4.69, 9.17) is 5.73 Å². The number of carbonyl (C=O) groups excluding carboxylic acids is 3. The number of hydrogen-bond acceptors (Lipinski definition) is 7. The number of aromatic hydroxyl groups is 1. The topological polar surface area (TPSA) is 208 Å². The van der Waals surface area contributed by atoms with Crippen LogP contribution >= 0.6 is 0 Å². The number of aliphatic carboxylic acids is 2. The van der Waals surface area contributed by atoms with E-state index in [1.54, 1.807) is 44.2 Å². The fraction of sp³-hybridized carbons (Fsp3) is 0.393. The highest BCUT2D eigenvalue weighted by Gasteiger charge is 2.33. The summed E-state index contributed by atoms with van der Waals surface area (Å²) < 4.78 is 0. The first-order chi connectivity index (χ1) is 18.9. The molecular formula is C28H36N4O8. The quantitative estimate of drug-likeness (QED) is 0.163. The lowest BCUT2D eigenvalue weighted by atomic mass is 9.96. The zero-order valence-electron chi connectivity index (χ0n) is 22.4. The van der Waals surface area contributed by atoms with Crippen molar-refractivity contribution in [3.63, 3.8) is 0 Å². The SMILES string of the molecule is CCC(C)C(NC(=O)C(CC(=O)O)NC(=O)C(N)Cc1ccccc1)C(=O)NC(Cc1ccc(O)cc1)C(=O)O. The van der Waals surface area contributed by atoms with Gasteiger partial charge in [0, 0.05) is 6.42 Å². The van der Waals surface area contributed by atoms with Gasteiger partial charge in [0.2, 0.25) is 17.7 Å². The van der Waals surface area contributed by atoms with Crippen LogP contribution in [0.25, 0.3) is 0 Å². The van der Waals surface area contributed by atoms with Crippen LogP contribution in [0.3, 0.4) is 0 Å². The first-order valence-electron chi connectivity index (χ1n) is 12.8. The van der Waals surface area contributed by atoms with E-state index >= 15 is 0 Å². The van der Waals surface area contributed by atoms with Crippen molar-refractivity contribution in [3.05, 3.63) is 65.7 Å². The van der Waals surface area contributed by atoms with E-state index in [2.05, 4.69) is 16.0 Å². The molecule has 0 bridgehead atoms. The Hall–Kier alpha value is -4.45. The highest BCUT2D eigenvalue weighted by molar-refractivity contribution is 5.95. The van der Waals surface area contributed by atoms with E-state index in [1.165, 1.54) is 24.3 Å². The third-order valence-electron chi connectivity index (χ3n) is 6.43. The van der Waals surface area contributed by atoms with Crippen LogP contribution in [-0.4, -0.2) is 69.1 Å². The number of amides is 3. The molecule has 0 saturated carbocycles. The number of phenolic OH excluding ortho intramolecular Hbond substituents is 1. The summed E-state index contributed by atoms with van der Waals surface area (Å²) in [7, 11) is 0. The second kappa shape index (κ2) is 15.2. The third-order valence-corrected chi connectivity index (χ3v) is 6.43. The molecule has 0 aliphatic carbocycles. The van der Waals surface area contributed by atoms with Gasteiger partial charge < -0.3 is 37.0 Å². The van der Waals surface area contributed by atoms with Crippen LogP contribution in [0.5, 0.6) is 5.75 Å². The summed E-state index contributed by atoms with van der Waals surface area (Å²) in [6.45, 7) is 3.43. The van der Waals surface area contributed by atoms with E-state index in [0.29, 0.717) is 12.0 Å². The first-order valence-corrected chi connectivity index (χ1v) is 12.8. The number of carbonyl (C=O) groups is 5. The van der Waals surface area contributed by atoms with Crippen molar-refractivity contribution in [2.75, 3.05) is 0 Å². The standard InChI is InChI=1S/C28H36N4O8/c1-3-16(2)24(27(38)31-22(28(39)40)14-18-9-11-19(33)12-10-18)32-26(37)21(15-23(34)35)30-25(36)20(29)13-17-7-5-4-6-8-17/h4-12,16,20-22,24,33H,3,13-15,29H2,1-2H3,(H,30,36)(H,31,38)(H,32,37)(H,34,35)(H,39,40). The fourth-order valence-electron chi connectivity index (χ4n) is 3.91. The summed E-state index contributed by atoms with van der Waals surface area (Å²) in [5, 5.41) is 35.7. The minimum atomic E-state index is -1.53. The van der Waals surface area contributed by atoms with Gasteiger partial charge in [0.15, 0.2) is 0 Å². The van der Waals surface area contributed by atoms with Gasteiger partial charge in [0.25, 0.3) is 0 Å². The predicted octanol–water partition coefficient (Wildman–Crippen LogP) is 0.565. The summed E-state index contributed by atoms with van der Waals surface area (Å²) in [4.78, 5) is 62.3. The Morgan fingerprint density at radius 2 is 1.35 bits per heavy atom. The molecule has 0 heterocycles. The molecule has 12 heteroatoms. The number of carboxylic acid groups (broad SMARTS) is 2. The highest BCUT2D eigenvalue weighted by Crippen LogP contribution is 2.13. The number of nitrogens with two attached hydrogens (primary N) is 1. The molecule has 0 spiro atoms. The summed E-state index contributed by atoms with van der Waals surface area (Å²) in [6.07, 6.45) is -0.266. The number of benzene rings is 2. The molecular weight excluding hydrogens is 520 g/mol. The molecule has 0 fully saturated rings. The normalized spacial score (nSPS) is 14.6. The molecule has 0 saturated heterocycles. The van der Waals surface area contributed by atoms with Crippen LogP contribution in [0.15, 0.2) is 54.6 Å². The van der Waals surface area contributed by atoms with Crippen LogP contribution in [-0.2, 0) is 36.8 Å². The number of rotatable bonds is 15. The van der Waals surface area contributed by atoms with Gasteiger partial charge in [-0.3, -0.25) is 19.2 Å². The molecule has 8 N–H and O–H groups in total. The minimum Gasteiger partial charge on any atom is -0.508 e. The molecule has 2 rings (SSSR count). The first kappa shape index (κ1) is 31.8. The Morgan fingerprint density at radius 1 is 0.775 bits per heavy atom. The van der Waals surface area contributed by atoms with Gasteiger partial charge in [0.05, 0.1) is 12.5 Å². The van der Waals surface area contributed by atoms with Gasteiger partial charge in [-0.25, -0.2) is 4.79 Å². The van der Waals surface area contributed by atoms with E-state index in [-0.39, 0.29) is 18.6 Å². The van der Waals surface area contributed by atoms with Crippen LogP contribution in [0.4, 0.5) is 0 Å². The van der Waals surface area contributed by atoms with Crippen molar-refractivity contribution in [2.45, 2.75) is 63.7 Å². The van der Waals surface area contributed by atoms with Crippen LogP contribution in [0, 0.1) is 5.92 Å². The van der Waals surface area contributed by atoms with Crippen molar-refractivity contribution in [3.8, 4) is 5.75 Å². The maximum atomic E-state index is 13.2. The highest BCUT2D eigenvalue weighted by atomic mass is 16.4. The Kier molecular flexibility index (Phi) is 12.1. The zero-order valence-corrected chi connectivity index (χ0v) is 22.4. The Labute approximate surface area is 232 Å². The van der Waals surface area contributed by atoms with Crippen LogP contribution < -0.4 is 21.7 Å². The minimum absolute atomic E-state index is 0.00300. The van der Waals surface area contributed by atoms with Crippen molar-refractivity contribution in [1.29, 1.82) is 0 Å². The second-order valence-electron chi connectivity index (χ2n) is 9.60. The average molecular weight is 557 g/mol. The number of hydrogen-bond donors (Lipinski definition) is 7. The smallest absolute Gasteiger partial charge is 0.326 e. The molecule has 5 unspecified atom stereocenters. The van der Waals surface area contributed by atoms with Crippen LogP contribution in [0.1, 0.15) is 37.8 Å². The molecule has 12 nitrogen and oxygen atoms in total. The molecule has 40 heavy (non-hydrogen) atoms. The van der Waals surface area contributed by atoms with Crippen molar-refractivity contribution >= 4 is 29.7 Å². The lowest BCUT2D eigenvalue weighted by molar-refractivity contribution is -0.143. The lowest BCUT2D eigenvalue weighted by Crippen LogP contribution is -2.59. The summed E-state index contributed by atoms with van der Waals surface area (Å²) in [6, 6.07) is 9.58. The van der Waals surface area contributed by atoms with Crippen molar-refractivity contribution in [2.24, 2.45) is 11.7 Å². The largest absolute Gasteiger partial charge is 0.508 e. The summed E-state index contributed by atoms with van der Waals surface area (Å²) in [5.74, 6) is -5.57. The Balaban J connectivity index is 2.15. The van der Waals surface area contributed by atoms with E-state index in [1.807, 2.05) is 0 Å². The molecule has 0 aromatic heterocycles. The zero-order chi connectivity index (χ0) is 29.8. The Morgan fingerprint density at radius 3 is 1.90 bits per heavy atom. The van der Waals surface area contributed by atoms with Gasteiger partial charge in [-0.15, -0.1) is 0 Å². The van der Waals surface area contributed by atoms with E-state index in [0.717, 1.165) is 5.56 Å². The molecule has 3 amide bonds. The Bertz CT molecular complexity index is 1170. The molecule has 2 aromatic carbocycles. The van der Waals surface area contributed by atoms with Gasteiger partial charge in [-0.1, -0.05) is 62.7 Å². The summed E-state index contributed by atoms with van der Waals surface area (Å²) in [5.41, 5.74) is 7.30. The number of nitrogens with one attached hydrogen (secondary N) is 3. The lowest BCUT2D eigenvalue weighted by Gasteiger charge is -2.27. The monoisotopic (exact) mass is 556 g/mol. The molecule has 0 radical (unpaired) electrons. The maximum Gasteiger partial charge on any atom is 0.326 e. The van der Waals surface area contributed by atoms with Crippen molar-refractivity contribution < 1.29 is 39.3 Å². The molecule has 216 valence electrons. The maximum absolute atomic E-state index is 13.2. The molecule has 2 aromatic rings.